The lowest BCUT2D eigenvalue weighted by molar-refractivity contribution is -0.148. The maximum atomic E-state index is 13.5. The van der Waals surface area contributed by atoms with E-state index in [4.69, 9.17) is 0 Å². The molecule has 0 bridgehead atoms. The second kappa shape index (κ2) is 7.64. The molecule has 150 valence electrons. The number of nitrogens with zero attached hydrogens (tertiary/aromatic N) is 4. The summed E-state index contributed by atoms with van der Waals surface area (Å²) in [5.74, 6) is -4.84. The minimum atomic E-state index is -4.62. The molecule has 0 aliphatic carbocycles. The lowest BCUT2D eigenvalue weighted by Crippen LogP contribution is -2.38. The first-order valence-electron chi connectivity index (χ1n) is 8.25. The lowest BCUT2D eigenvalue weighted by atomic mass is 10.1. The van der Waals surface area contributed by atoms with Gasteiger partial charge in [0.15, 0.2) is 17.5 Å². The first kappa shape index (κ1) is 19.9. The Kier molecular flexibility index (Phi) is 5.43. The number of alkyl halides is 3. The molecule has 2 heterocycles. The number of hydrogen-bond acceptors (Lipinski definition) is 3. The minimum Gasteiger partial charge on any atom is -0.330 e. The van der Waals surface area contributed by atoms with Gasteiger partial charge in [0.1, 0.15) is 5.82 Å². The van der Waals surface area contributed by atoms with Crippen molar-refractivity contribution in [2.24, 2.45) is 0 Å². The molecule has 0 fully saturated rings. The Hall–Kier alpha value is -2.85. The highest BCUT2D eigenvalue weighted by molar-refractivity contribution is 5.87. The molecule has 1 aliphatic heterocycles. The number of rotatable bonds is 4. The van der Waals surface area contributed by atoms with Crippen molar-refractivity contribution in [2.45, 2.75) is 32.1 Å². The SMILES string of the molecule is O=C(/C=C/CCc1cc(F)c(F)cc1F)N1CCn2c(nnc2C(F)(F)F)C1. The van der Waals surface area contributed by atoms with Gasteiger partial charge in [-0.25, -0.2) is 13.2 Å². The van der Waals surface area contributed by atoms with Crippen LogP contribution in [0.5, 0.6) is 0 Å². The van der Waals surface area contributed by atoms with Crippen LogP contribution >= 0.6 is 0 Å². The molecule has 0 spiro atoms. The Morgan fingerprint density at radius 1 is 1.07 bits per heavy atom. The molecular formula is C17H14F6N4O. The van der Waals surface area contributed by atoms with Crippen LogP contribution in [0.15, 0.2) is 24.3 Å². The van der Waals surface area contributed by atoms with Crippen molar-refractivity contribution in [3.05, 3.63) is 58.9 Å². The predicted molar refractivity (Wildman–Crippen MR) is 84.2 cm³/mol. The Bertz CT molecular complexity index is 921. The quantitative estimate of drug-likeness (QED) is 0.447. The van der Waals surface area contributed by atoms with Crippen molar-refractivity contribution in [3.63, 3.8) is 0 Å². The molecule has 0 saturated carbocycles. The van der Waals surface area contributed by atoms with Crippen LogP contribution in [0.3, 0.4) is 0 Å². The lowest BCUT2D eigenvalue weighted by Gasteiger charge is -2.27. The second-order valence-electron chi connectivity index (χ2n) is 6.15. The highest BCUT2D eigenvalue weighted by atomic mass is 19.4. The molecule has 11 heteroatoms. The molecule has 2 aromatic rings. The third-order valence-electron chi connectivity index (χ3n) is 4.25. The first-order valence-corrected chi connectivity index (χ1v) is 8.25. The average Bonchev–Trinajstić information content (AvgIpc) is 3.06. The van der Waals surface area contributed by atoms with E-state index in [0.717, 1.165) is 10.6 Å². The number of aryl methyl sites for hydroxylation is 1. The molecule has 0 saturated heterocycles. The van der Waals surface area contributed by atoms with Gasteiger partial charge in [-0.2, -0.15) is 13.2 Å². The van der Waals surface area contributed by atoms with E-state index in [-0.39, 0.29) is 43.9 Å². The van der Waals surface area contributed by atoms with Gasteiger partial charge >= 0.3 is 6.18 Å². The van der Waals surface area contributed by atoms with E-state index >= 15 is 0 Å². The molecule has 1 amide bonds. The number of carbonyl (C=O) groups is 1. The van der Waals surface area contributed by atoms with Crippen molar-refractivity contribution < 1.29 is 31.1 Å². The standard InChI is InChI=1S/C17H14F6N4O/c18-11-8-13(20)12(19)7-10(11)3-1-2-4-15(28)26-5-6-27-14(9-26)24-25-16(27)17(21,22)23/h2,4,7-8H,1,3,5-6,9H2/b4-2+. The maximum absolute atomic E-state index is 13.5. The van der Waals surface area contributed by atoms with Gasteiger partial charge in [0.05, 0.1) is 6.54 Å². The summed E-state index contributed by atoms with van der Waals surface area (Å²) in [6, 6.07) is 1.22. The van der Waals surface area contributed by atoms with E-state index in [1.165, 1.54) is 17.1 Å². The smallest absolute Gasteiger partial charge is 0.330 e. The molecular weight excluding hydrogens is 390 g/mol. The van der Waals surface area contributed by atoms with Crippen LogP contribution in [0.4, 0.5) is 26.3 Å². The monoisotopic (exact) mass is 404 g/mol. The van der Waals surface area contributed by atoms with Crippen LogP contribution in [0.2, 0.25) is 0 Å². The Morgan fingerprint density at radius 2 is 1.79 bits per heavy atom. The maximum Gasteiger partial charge on any atom is 0.451 e. The van der Waals surface area contributed by atoms with Gasteiger partial charge in [-0.05, 0) is 30.5 Å². The zero-order valence-corrected chi connectivity index (χ0v) is 14.3. The van der Waals surface area contributed by atoms with Gasteiger partial charge in [0, 0.05) is 19.2 Å². The third kappa shape index (κ3) is 4.18. The van der Waals surface area contributed by atoms with Crippen LogP contribution in [-0.4, -0.2) is 32.1 Å². The van der Waals surface area contributed by atoms with Gasteiger partial charge in [-0.1, -0.05) is 6.08 Å². The minimum absolute atomic E-state index is 0.0262. The van der Waals surface area contributed by atoms with Crippen LogP contribution in [0.1, 0.15) is 23.6 Å². The van der Waals surface area contributed by atoms with Crippen molar-refractivity contribution in [3.8, 4) is 0 Å². The number of benzene rings is 1. The summed E-state index contributed by atoms with van der Waals surface area (Å²) in [7, 11) is 0. The summed E-state index contributed by atoms with van der Waals surface area (Å²) >= 11 is 0. The summed E-state index contributed by atoms with van der Waals surface area (Å²) in [6.45, 7) is -0.157. The van der Waals surface area contributed by atoms with E-state index in [0.29, 0.717) is 6.07 Å². The summed E-state index contributed by atoms with van der Waals surface area (Å²) in [5.41, 5.74) is -0.0262. The Morgan fingerprint density at radius 3 is 2.50 bits per heavy atom. The molecule has 1 aromatic heterocycles. The van der Waals surface area contributed by atoms with E-state index in [2.05, 4.69) is 10.2 Å². The fourth-order valence-corrected chi connectivity index (χ4v) is 2.84. The highest BCUT2D eigenvalue weighted by Gasteiger charge is 2.39. The molecule has 1 aromatic carbocycles. The van der Waals surface area contributed by atoms with Crippen LogP contribution in [-0.2, 0) is 30.5 Å². The third-order valence-corrected chi connectivity index (χ3v) is 4.25. The number of carbonyl (C=O) groups excluding carboxylic acids is 1. The number of amides is 1. The number of allylic oxidation sites excluding steroid dienone is 1. The Labute approximate surface area is 155 Å². The van der Waals surface area contributed by atoms with Crippen LogP contribution in [0.25, 0.3) is 0 Å². The molecule has 3 rings (SSSR count). The number of hydrogen-bond donors (Lipinski definition) is 0. The summed E-state index contributed by atoms with van der Waals surface area (Å²) in [4.78, 5) is 13.5. The van der Waals surface area contributed by atoms with E-state index < -0.39 is 35.4 Å². The van der Waals surface area contributed by atoms with E-state index in [1.54, 1.807) is 0 Å². The first-order chi connectivity index (χ1) is 13.2. The van der Waals surface area contributed by atoms with Crippen molar-refractivity contribution in [1.82, 2.24) is 19.7 Å². The molecule has 1 aliphatic rings. The second-order valence-corrected chi connectivity index (χ2v) is 6.15. The molecule has 0 N–H and O–H groups in total. The van der Waals surface area contributed by atoms with Crippen LogP contribution in [0, 0.1) is 17.5 Å². The Balaban J connectivity index is 1.57. The number of aromatic nitrogens is 3. The van der Waals surface area contributed by atoms with Gasteiger partial charge in [-0.3, -0.25) is 4.79 Å². The molecule has 0 unspecified atom stereocenters. The molecule has 0 atom stereocenters. The van der Waals surface area contributed by atoms with Gasteiger partial charge in [0.25, 0.3) is 0 Å². The summed E-state index contributed by atoms with van der Waals surface area (Å²) in [5, 5.41) is 6.62. The fraction of sp³-hybridized carbons (Fsp3) is 0.353. The van der Waals surface area contributed by atoms with Gasteiger partial charge < -0.3 is 9.47 Å². The summed E-state index contributed by atoms with van der Waals surface area (Å²) < 4.78 is 78.9. The molecule has 0 radical (unpaired) electrons. The van der Waals surface area contributed by atoms with Gasteiger partial charge in [-0.15, -0.1) is 10.2 Å². The van der Waals surface area contributed by atoms with Crippen LogP contribution < -0.4 is 0 Å². The zero-order chi connectivity index (χ0) is 20.5. The normalized spacial score (nSPS) is 14.6. The average molecular weight is 404 g/mol. The van der Waals surface area contributed by atoms with E-state index in [1.807, 2.05) is 0 Å². The topological polar surface area (TPSA) is 51.0 Å². The van der Waals surface area contributed by atoms with Crippen molar-refractivity contribution >= 4 is 5.91 Å². The van der Waals surface area contributed by atoms with Gasteiger partial charge in [0.2, 0.25) is 11.7 Å². The van der Waals surface area contributed by atoms with Crippen molar-refractivity contribution in [1.29, 1.82) is 0 Å². The number of fused-ring (bicyclic) bond motifs is 1. The summed E-state index contributed by atoms with van der Waals surface area (Å²) in [6.07, 6.45) is -1.74. The zero-order valence-electron chi connectivity index (χ0n) is 14.3. The largest absolute Gasteiger partial charge is 0.451 e. The molecule has 28 heavy (non-hydrogen) atoms. The molecule has 5 nitrogen and oxygen atoms in total. The van der Waals surface area contributed by atoms with Crippen molar-refractivity contribution in [2.75, 3.05) is 6.54 Å². The highest BCUT2D eigenvalue weighted by Crippen LogP contribution is 2.29. The fourth-order valence-electron chi connectivity index (χ4n) is 2.84. The van der Waals surface area contributed by atoms with E-state index in [9.17, 15) is 31.1 Å². The predicted octanol–water partition coefficient (Wildman–Crippen LogP) is 3.25. The number of halogens is 6.